The summed E-state index contributed by atoms with van der Waals surface area (Å²) in [5, 5.41) is 13.5. The van der Waals surface area contributed by atoms with E-state index in [-0.39, 0.29) is 0 Å². The molecule has 0 aliphatic carbocycles. The van der Waals surface area contributed by atoms with E-state index in [0.29, 0.717) is 22.7 Å². The fourth-order valence-corrected chi connectivity index (χ4v) is 1.50. The molecule has 4 nitrogen and oxygen atoms in total. The number of halogens is 1. The molecular formula is C9H14ClN3OS. The quantitative estimate of drug-likeness (QED) is 0.484. The summed E-state index contributed by atoms with van der Waals surface area (Å²) in [6.07, 6.45) is 1.88. The fraction of sp³-hybridized carbons (Fsp3) is 0.556. The van der Waals surface area contributed by atoms with Gasteiger partial charge in [-0.15, -0.1) is 0 Å². The number of hydrogen-bond acceptors (Lipinski definition) is 5. The second-order valence-corrected chi connectivity index (χ2v) is 4.89. The topological polar surface area (TPSA) is 58.0 Å². The first-order valence-electron chi connectivity index (χ1n) is 4.45. The Labute approximate surface area is 98.5 Å². The molecule has 0 unspecified atom stereocenters. The summed E-state index contributed by atoms with van der Waals surface area (Å²) in [5.41, 5.74) is -0.781. The van der Waals surface area contributed by atoms with E-state index in [1.165, 1.54) is 11.8 Å². The van der Waals surface area contributed by atoms with Crippen molar-refractivity contribution >= 4 is 29.2 Å². The van der Waals surface area contributed by atoms with Crippen molar-refractivity contribution in [2.45, 2.75) is 24.6 Å². The van der Waals surface area contributed by atoms with Crippen molar-refractivity contribution in [3.05, 3.63) is 11.2 Å². The van der Waals surface area contributed by atoms with Crippen molar-refractivity contribution in [3.8, 4) is 0 Å². The highest BCUT2D eigenvalue weighted by Crippen LogP contribution is 2.17. The monoisotopic (exact) mass is 247 g/mol. The summed E-state index contributed by atoms with van der Waals surface area (Å²) >= 11 is 7.23. The lowest BCUT2D eigenvalue weighted by molar-refractivity contribution is 0.0944. The molecule has 1 aromatic rings. The highest BCUT2D eigenvalue weighted by molar-refractivity contribution is 7.98. The van der Waals surface area contributed by atoms with E-state index in [2.05, 4.69) is 15.3 Å². The minimum absolute atomic E-state index is 0.396. The first-order chi connectivity index (χ1) is 6.90. The number of nitrogens with zero attached hydrogens (tertiary/aromatic N) is 2. The van der Waals surface area contributed by atoms with Crippen LogP contribution in [0.4, 0.5) is 5.82 Å². The van der Waals surface area contributed by atoms with Gasteiger partial charge in [0, 0.05) is 12.6 Å². The van der Waals surface area contributed by atoms with Gasteiger partial charge in [0.2, 0.25) is 0 Å². The fourth-order valence-electron chi connectivity index (χ4n) is 0.885. The van der Waals surface area contributed by atoms with Gasteiger partial charge in [0.05, 0.1) is 5.60 Å². The highest BCUT2D eigenvalue weighted by Gasteiger charge is 2.12. The predicted octanol–water partition coefficient (Wildman–Crippen LogP) is 2.03. The summed E-state index contributed by atoms with van der Waals surface area (Å²) in [7, 11) is 0. The van der Waals surface area contributed by atoms with Crippen LogP contribution < -0.4 is 5.32 Å². The average Bonchev–Trinajstić information content (AvgIpc) is 2.13. The van der Waals surface area contributed by atoms with Gasteiger partial charge in [-0.3, -0.25) is 0 Å². The molecule has 0 amide bonds. The van der Waals surface area contributed by atoms with Crippen molar-refractivity contribution < 1.29 is 5.11 Å². The summed E-state index contributed by atoms with van der Waals surface area (Å²) in [4.78, 5) is 8.21. The molecule has 1 aromatic heterocycles. The van der Waals surface area contributed by atoms with Gasteiger partial charge in [0.15, 0.2) is 5.16 Å². The Bertz CT molecular complexity index is 341. The Morgan fingerprint density at radius 2 is 2.20 bits per heavy atom. The highest BCUT2D eigenvalue weighted by atomic mass is 35.5. The van der Waals surface area contributed by atoms with Gasteiger partial charge in [0.1, 0.15) is 11.0 Å². The molecule has 0 aliphatic rings. The molecule has 0 fully saturated rings. The van der Waals surface area contributed by atoms with E-state index in [4.69, 9.17) is 11.6 Å². The molecule has 0 bridgehead atoms. The Morgan fingerprint density at radius 1 is 1.53 bits per heavy atom. The van der Waals surface area contributed by atoms with E-state index in [9.17, 15) is 5.11 Å². The van der Waals surface area contributed by atoms with Crippen LogP contribution in [-0.2, 0) is 0 Å². The molecule has 0 radical (unpaired) electrons. The van der Waals surface area contributed by atoms with Gasteiger partial charge in [-0.1, -0.05) is 23.4 Å². The van der Waals surface area contributed by atoms with Crippen molar-refractivity contribution in [1.82, 2.24) is 9.97 Å². The zero-order valence-corrected chi connectivity index (χ0v) is 10.5. The van der Waals surface area contributed by atoms with Crippen molar-refractivity contribution in [2.24, 2.45) is 0 Å². The number of anilines is 1. The minimum Gasteiger partial charge on any atom is -0.389 e. The predicted molar refractivity (Wildman–Crippen MR) is 63.6 cm³/mol. The molecule has 0 atom stereocenters. The number of aromatic nitrogens is 2. The number of aliphatic hydroxyl groups is 1. The lowest BCUT2D eigenvalue weighted by atomic mass is 10.1. The first-order valence-corrected chi connectivity index (χ1v) is 6.06. The van der Waals surface area contributed by atoms with Crippen LogP contribution in [0.25, 0.3) is 0 Å². The van der Waals surface area contributed by atoms with Crippen LogP contribution in [0.15, 0.2) is 11.2 Å². The van der Waals surface area contributed by atoms with Crippen LogP contribution in [0.1, 0.15) is 13.8 Å². The normalized spacial score (nSPS) is 11.5. The van der Waals surface area contributed by atoms with Crippen molar-refractivity contribution in [1.29, 1.82) is 0 Å². The average molecular weight is 248 g/mol. The van der Waals surface area contributed by atoms with Gasteiger partial charge in [-0.05, 0) is 20.1 Å². The van der Waals surface area contributed by atoms with Gasteiger partial charge in [-0.2, -0.15) is 0 Å². The minimum atomic E-state index is -0.781. The summed E-state index contributed by atoms with van der Waals surface area (Å²) < 4.78 is 0. The molecule has 0 saturated heterocycles. The maximum atomic E-state index is 9.53. The van der Waals surface area contributed by atoms with Gasteiger partial charge >= 0.3 is 0 Å². The molecule has 0 aliphatic heterocycles. The molecule has 2 N–H and O–H groups in total. The lowest BCUT2D eigenvalue weighted by Gasteiger charge is -2.18. The van der Waals surface area contributed by atoms with E-state index in [1.54, 1.807) is 19.9 Å². The SMILES string of the molecule is CSc1nc(Cl)cc(NCC(C)(C)O)n1. The first kappa shape index (κ1) is 12.5. The molecular weight excluding hydrogens is 234 g/mol. The Hall–Kier alpha value is -0.520. The summed E-state index contributed by atoms with van der Waals surface area (Å²) in [6.45, 7) is 3.85. The maximum Gasteiger partial charge on any atom is 0.190 e. The van der Waals surface area contributed by atoms with Crippen molar-refractivity contribution in [3.63, 3.8) is 0 Å². The number of nitrogens with one attached hydrogen (secondary N) is 1. The standard InChI is InChI=1S/C9H14ClN3OS/c1-9(2,14)5-11-7-4-6(10)12-8(13-7)15-3/h4,14H,5H2,1-3H3,(H,11,12,13). The van der Waals surface area contributed by atoms with E-state index in [0.717, 1.165) is 0 Å². The molecule has 0 spiro atoms. The van der Waals surface area contributed by atoms with Crippen LogP contribution in [0, 0.1) is 0 Å². The van der Waals surface area contributed by atoms with E-state index >= 15 is 0 Å². The molecule has 6 heteroatoms. The van der Waals surface area contributed by atoms with E-state index < -0.39 is 5.60 Å². The van der Waals surface area contributed by atoms with Gasteiger partial charge in [-0.25, -0.2) is 9.97 Å². The third-order valence-electron chi connectivity index (χ3n) is 1.56. The zero-order valence-electron chi connectivity index (χ0n) is 8.91. The van der Waals surface area contributed by atoms with Crippen LogP contribution in [0.3, 0.4) is 0 Å². The second kappa shape index (κ2) is 5.01. The van der Waals surface area contributed by atoms with Crippen LogP contribution >= 0.6 is 23.4 Å². The lowest BCUT2D eigenvalue weighted by Crippen LogP contribution is -2.29. The van der Waals surface area contributed by atoms with Crippen LogP contribution in [0.2, 0.25) is 5.15 Å². The molecule has 1 heterocycles. The second-order valence-electron chi connectivity index (χ2n) is 3.73. The Kier molecular flexibility index (Phi) is 4.19. The molecule has 0 saturated carbocycles. The Morgan fingerprint density at radius 3 is 2.73 bits per heavy atom. The van der Waals surface area contributed by atoms with Crippen molar-refractivity contribution in [2.75, 3.05) is 18.1 Å². The molecule has 0 aromatic carbocycles. The third-order valence-corrected chi connectivity index (χ3v) is 2.30. The zero-order chi connectivity index (χ0) is 11.5. The largest absolute Gasteiger partial charge is 0.389 e. The van der Waals surface area contributed by atoms with Crippen LogP contribution in [-0.4, -0.2) is 33.5 Å². The smallest absolute Gasteiger partial charge is 0.190 e. The molecule has 15 heavy (non-hydrogen) atoms. The number of thioether (sulfide) groups is 1. The number of hydrogen-bond donors (Lipinski definition) is 2. The summed E-state index contributed by atoms with van der Waals surface area (Å²) in [5.74, 6) is 0.626. The number of rotatable bonds is 4. The summed E-state index contributed by atoms with van der Waals surface area (Å²) in [6, 6.07) is 1.63. The van der Waals surface area contributed by atoms with Gasteiger partial charge in [0.25, 0.3) is 0 Å². The van der Waals surface area contributed by atoms with E-state index in [1.807, 2.05) is 6.26 Å². The molecule has 1 rings (SSSR count). The third kappa shape index (κ3) is 4.68. The maximum absolute atomic E-state index is 9.53. The molecule has 84 valence electrons. The van der Waals surface area contributed by atoms with Crippen LogP contribution in [0.5, 0.6) is 0 Å². The van der Waals surface area contributed by atoms with Gasteiger partial charge < -0.3 is 10.4 Å². The Balaban J connectivity index is 2.73.